The third-order valence-electron chi connectivity index (χ3n) is 4.14. The van der Waals surface area contributed by atoms with E-state index >= 15 is 0 Å². The van der Waals surface area contributed by atoms with Gasteiger partial charge in [0.05, 0.1) is 5.75 Å². The summed E-state index contributed by atoms with van der Waals surface area (Å²) in [7, 11) is -1.77. The number of carbonyl (C=O) groups excluding carboxylic acids is 1. The van der Waals surface area contributed by atoms with Crippen LogP contribution in [0.25, 0.3) is 11.4 Å². The highest BCUT2D eigenvalue weighted by molar-refractivity contribution is 7.92. The minimum atomic E-state index is -3.48. The largest absolute Gasteiger partial charge is 0.325 e. The van der Waals surface area contributed by atoms with Gasteiger partial charge in [-0.2, -0.15) is 0 Å². The number of anilines is 1. The SMILES string of the molecule is Cn1nnnc1-c1cccc(NC(=O)CS(=O)(=O)CCCc2ccccc2)c1. The van der Waals surface area contributed by atoms with Crippen LogP contribution in [-0.4, -0.2) is 46.0 Å². The first-order valence-corrected chi connectivity index (χ1v) is 10.6. The first-order valence-electron chi connectivity index (χ1n) is 8.80. The fourth-order valence-corrected chi connectivity index (χ4v) is 4.02. The Morgan fingerprint density at radius 1 is 1.11 bits per heavy atom. The molecule has 0 saturated heterocycles. The number of hydrogen-bond donors (Lipinski definition) is 1. The number of aromatic nitrogens is 4. The van der Waals surface area contributed by atoms with Gasteiger partial charge in [0.15, 0.2) is 15.7 Å². The number of rotatable bonds is 8. The zero-order valence-corrected chi connectivity index (χ0v) is 16.3. The van der Waals surface area contributed by atoms with Gasteiger partial charge < -0.3 is 5.32 Å². The zero-order chi connectivity index (χ0) is 20.0. The Labute approximate surface area is 163 Å². The highest BCUT2D eigenvalue weighted by Gasteiger charge is 2.17. The van der Waals surface area contributed by atoms with Crippen molar-refractivity contribution in [3.05, 3.63) is 60.2 Å². The molecular formula is C19H21N5O3S. The molecule has 3 aromatic rings. The van der Waals surface area contributed by atoms with Crippen LogP contribution in [-0.2, 0) is 28.1 Å². The molecule has 146 valence electrons. The van der Waals surface area contributed by atoms with Gasteiger partial charge >= 0.3 is 0 Å². The predicted octanol–water partition coefficient (Wildman–Crippen LogP) is 1.86. The molecule has 1 heterocycles. The number of tetrazole rings is 1. The molecule has 2 aromatic carbocycles. The maximum Gasteiger partial charge on any atom is 0.239 e. The average molecular weight is 399 g/mol. The number of nitrogens with one attached hydrogen (secondary N) is 1. The molecule has 0 saturated carbocycles. The van der Waals surface area contributed by atoms with E-state index in [1.807, 2.05) is 36.4 Å². The van der Waals surface area contributed by atoms with Crippen molar-refractivity contribution in [2.75, 3.05) is 16.8 Å². The lowest BCUT2D eigenvalue weighted by Crippen LogP contribution is -2.25. The Balaban J connectivity index is 1.55. The third kappa shape index (κ3) is 5.46. The molecule has 0 unspecified atom stereocenters. The molecule has 0 fully saturated rings. The predicted molar refractivity (Wildman–Crippen MR) is 106 cm³/mol. The second kappa shape index (κ2) is 8.75. The second-order valence-electron chi connectivity index (χ2n) is 6.44. The summed E-state index contributed by atoms with van der Waals surface area (Å²) in [6.07, 6.45) is 1.14. The number of carbonyl (C=O) groups is 1. The van der Waals surface area contributed by atoms with Gasteiger partial charge in [-0.3, -0.25) is 4.79 Å². The van der Waals surface area contributed by atoms with E-state index in [9.17, 15) is 13.2 Å². The molecule has 0 atom stereocenters. The van der Waals surface area contributed by atoms with Crippen molar-refractivity contribution in [1.82, 2.24) is 20.2 Å². The molecule has 0 aliphatic carbocycles. The van der Waals surface area contributed by atoms with Crippen molar-refractivity contribution in [3.8, 4) is 11.4 Å². The maximum absolute atomic E-state index is 12.2. The first kappa shape index (κ1) is 19.7. The summed E-state index contributed by atoms with van der Waals surface area (Å²) in [6, 6.07) is 16.6. The van der Waals surface area contributed by atoms with Gasteiger partial charge in [0, 0.05) is 18.3 Å². The van der Waals surface area contributed by atoms with Crippen LogP contribution in [0.15, 0.2) is 54.6 Å². The molecule has 1 N–H and O–H groups in total. The molecule has 28 heavy (non-hydrogen) atoms. The van der Waals surface area contributed by atoms with E-state index in [2.05, 4.69) is 20.8 Å². The van der Waals surface area contributed by atoms with Crippen LogP contribution in [0.2, 0.25) is 0 Å². The molecule has 8 nitrogen and oxygen atoms in total. The van der Waals surface area contributed by atoms with Crippen LogP contribution in [0.5, 0.6) is 0 Å². The second-order valence-corrected chi connectivity index (χ2v) is 8.62. The van der Waals surface area contributed by atoms with Gasteiger partial charge in [-0.1, -0.05) is 42.5 Å². The van der Waals surface area contributed by atoms with Crippen molar-refractivity contribution in [2.24, 2.45) is 7.05 Å². The maximum atomic E-state index is 12.2. The summed E-state index contributed by atoms with van der Waals surface area (Å²) in [6.45, 7) is 0. The van der Waals surface area contributed by atoms with Gasteiger partial charge in [0.25, 0.3) is 0 Å². The topological polar surface area (TPSA) is 107 Å². The summed E-state index contributed by atoms with van der Waals surface area (Å²) in [4.78, 5) is 12.2. The molecule has 1 amide bonds. The number of benzene rings is 2. The summed E-state index contributed by atoms with van der Waals surface area (Å²) in [5.74, 6) is -0.588. The lowest BCUT2D eigenvalue weighted by molar-refractivity contribution is -0.113. The van der Waals surface area contributed by atoms with E-state index in [4.69, 9.17) is 0 Å². The summed E-state index contributed by atoms with van der Waals surface area (Å²) in [5, 5.41) is 13.9. The van der Waals surface area contributed by atoms with Crippen LogP contribution < -0.4 is 5.32 Å². The fourth-order valence-electron chi connectivity index (χ4n) is 2.82. The Kier molecular flexibility index (Phi) is 6.15. The van der Waals surface area contributed by atoms with Gasteiger partial charge in [-0.25, -0.2) is 13.1 Å². The molecule has 9 heteroatoms. The highest BCUT2D eigenvalue weighted by Crippen LogP contribution is 2.19. The van der Waals surface area contributed by atoms with Crippen LogP contribution in [0.3, 0.4) is 0 Å². The smallest absolute Gasteiger partial charge is 0.239 e. The van der Waals surface area contributed by atoms with Crippen LogP contribution >= 0.6 is 0 Å². The van der Waals surface area contributed by atoms with Crippen molar-refractivity contribution >= 4 is 21.4 Å². The van der Waals surface area contributed by atoms with E-state index in [-0.39, 0.29) is 5.75 Å². The highest BCUT2D eigenvalue weighted by atomic mass is 32.2. The van der Waals surface area contributed by atoms with Gasteiger partial charge in [-0.05, 0) is 41.0 Å². The van der Waals surface area contributed by atoms with E-state index in [0.29, 0.717) is 24.4 Å². The van der Waals surface area contributed by atoms with Crippen molar-refractivity contribution in [1.29, 1.82) is 0 Å². The Bertz CT molecular complexity index is 1050. The van der Waals surface area contributed by atoms with Crippen LogP contribution in [0.1, 0.15) is 12.0 Å². The lowest BCUT2D eigenvalue weighted by atomic mass is 10.1. The molecule has 3 rings (SSSR count). The summed E-state index contributed by atoms with van der Waals surface area (Å²) >= 11 is 0. The van der Waals surface area contributed by atoms with E-state index in [1.165, 1.54) is 4.68 Å². The van der Waals surface area contributed by atoms with E-state index in [0.717, 1.165) is 11.1 Å². The van der Waals surface area contributed by atoms with Crippen LogP contribution in [0.4, 0.5) is 5.69 Å². The minimum Gasteiger partial charge on any atom is -0.325 e. The number of amides is 1. The third-order valence-corrected chi connectivity index (χ3v) is 5.75. The quantitative estimate of drug-likeness (QED) is 0.620. The van der Waals surface area contributed by atoms with Crippen molar-refractivity contribution in [2.45, 2.75) is 12.8 Å². The molecule has 0 bridgehead atoms. The normalized spacial score (nSPS) is 11.3. The van der Waals surface area contributed by atoms with Gasteiger partial charge in [0.2, 0.25) is 5.91 Å². The minimum absolute atomic E-state index is 0.0278. The monoisotopic (exact) mass is 399 g/mol. The summed E-state index contributed by atoms with van der Waals surface area (Å²) in [5.41, 5.74) is 2.29. The van der Waals surface area contributed by atoms with Crippen molar-refractivity contribution < 1.29 is 13.2 Å². The molecule has 0 radical (unpaired) electrons. The van der Waals surface area contributed by atoms with Gasteiger partial charge in [0.1, 0.15) is 5.75 Å². The van der Waals surface area contributed by atoms with Gasteiger partial charge in [-0.15, -0.1) is 5.10 Å². The van der Waals surface area contributed by atoms with E-state index < -0.39 is 21.5 Å². The standard InChI is InChI=1S/C19H21N5O3S/c1-24-19(21-22-23-24)16-10-5-11-17(13-16)20-18(25)14-28(26,27)12-6-9-15-7-3-2-4-8-15/h2-5,7-8,10-11,13H,6,9,12,14H2,1H3,(H,20,25). The summed E-state index contributed by atoms with van der Waals surface area (Å²) < 4.78 is 26.0. The molecule has 0 spiro atoms. The number of nitrogens with zero attached hydrogens (tertiary/aromatic N) is 4. The first-order chi connectivity index (χ1) is 13.4. The van der Waals surface area contributed by atoms with Crippen molar-refractivity contribution in [3.63, 3.8) is 0 Å². The van der Waals surface area contributed by atoms with E-state index in [1.54, 1.807) is 25.2 Å². The molecular weight excluding hydrogens is 378 g/mol. The van der Waals surface area contributed by atoms with Crippen LogP contribution in [0, 0.1) is 0 Å². The Morgan fingerprint density at radius 3 is 2.61 bits per heavy atom. The fraction of sp³-hybridized carbons (Fsp3) is 0.263. The number of sulfone groups is 1. The number of aryl methyl sites for hydroxylation is 2. The molecule has 0 aliphatic rings. The zero-order valence-electron chi connectivity index (χ0n) is 15.4. The Morgan fingerprint density at radius 2 is 1.89 bits per heavy atom. The Hall–Kier alpha value is -3.07. The average Bonchev–Trinajstić information content (AvgIpc) is 3.08. The number of hydrogen-bond acceptors (Lipinski definition) is 6. The molecule has 1 aromatic heterocycles. The molecule has 0 aliphatic heterocycles. The lowest BCUT2D eigenvalue weighted by Gasteiger charge is -2.08.